The molecule has 6 heteroatoms. The number of carbonyl (C=O) groups excluding carboxylic acids is 1. The number of benzene rings is 2. The second-order valence-electron chi connectivity index (χ2n) is 8.41. The van der Waals surface area contributed by atoms with Crippen molar-refractivity contribution in [1.29, 1.82) is 0 Å². The number of aromatic nitrogens is 2. The van der Waals surface area contributed by atoms with Gasteiger partial charge in [-0.15, -0.1) is 0 Å². The lowest BCUT2D eigenvalue weighted by Crippen LogP contribution is -2.33. The summed E-state index contributed by atoms with van der Waals surface area (Å²) in [6, 6.07) is 24.4. The van der Waals surface area contributed by atoms with Gasteiger partial charge in [-0.2, -0.15) is 0 Å². The fourth-order valence-electron chi connectivity index (χ4n) is 4.28. The van der Waals surface area contributed by atoms with Crippen LogP contribution in [-0.2, 0) is 17.8 Å². The molecule has 2 aromatic carbocycles. The quantitative estimate of drug-likeness (QED) is 0.472. The minimum Gasteiger partial charge on any atom is -0.484 e. The highest BCUT2D eigenvalue weighted by Gasteiger charge is 2.24. The van der Waals surface area contributed by atoms with Gasteiger partial charge in [-0.1, -0.05) is 54.6 Å². The summed E-state index contributed by atoms with van der Waals surface area (Å²) in [5.41, 5.74) is 4.21. The first kappa shape index (κ1) is 21.2. The molecule has 6 nitrogen and oxygen atoms in total. The Balaban J connectivity index is 1.17. The molecular weight excluding hydrogens is 412 g/mol. The van der Waals surface area contributed by atoms with Gasteiger partial charge in [0, 0.05) is 57.0 Å². The number of hydrogen-bond acceptors (Lipinski definition) is 4. The molecule has 1 N–H and O–H groups in total. The maximum Gasteiger partial charge on any atom is 0.221 e. The van der Waals surface area contributed by atoms with Crippen molar-refractivity contribution in [3.05, 3.63) is 102 Å². The van der Waals surface area contributed by atoms with Crippen molar-refractivity contribution >= 4 is 11.6 Å². The number of rotatable bonds is 7. The first-order chi connectivity index (χ1) is 16.2. The average molecular weight is 441 g/mol. The molecule has 0 radical (unpaired) electrons. The fourth-order valence-corrected chi connectivity index (χ4v) is 4.28. The predicted octanol–water partition coefficient (Wildman–Crippen LogP) is 4.02. The predicted molar refractivity (Wildman–Crippen MR) is 128 cm³/mol. The maximum atomic E-state index is 12.5. The van der Waals surface area contributed by atoms with Gasteiger partial charge in [0.1, 0.15) is 17.5 Å². The van der Waals surface area contributed by atoms with Gasteiger partial charge in [0.05, 0.1) is 5.69 Å². The van der Waals surface area contributed by atoms with Crippen LogP contribution < -0.4 is 10.1 Å². The SMILES string of the molecule is O=C(CCN1Cc2ccccc2OC(c2ccccc2)C1)NCCc1cn2ccccc2n1. The molecular formula is C27H28N4O2. The van der Waals surface area contributed by atoms with Crippen LogP contribution in [0.1, 0.15) is 29.3 Å². The summed E-state index contributed by atoms with van der Waals surface area (Å²) in [5, 5.41) is 3.05. The summed E-state index contributed by atoms with van der Waals surface area (Å²) in [5.74, 6) is 0.985. The second kappa shape index (κ2) is 9.88. The van der Waals surface area contributed by atoms with E-state index in [9.17, 15) is 4.79 Å². The van der Waals surface area contributed by atoms with Crippen LogP contribution in [0.2, 0.25) is 0 Å². The largest absolute Gasteiger partial charge is 0.484 e. The van der Waals surface area contributed by atoms with Crippen LogP contribution in [0.3, 0.4) is 0 Å². The van der Waals surface area contributed by atoms with Crippen molar-refractivity contribution in [3.63, 3.8) is 0 Å². The molecule has 1 aliphatic rings. The lowest BCUT2D eigenvalue weighted by Gasteiger charge is -2.24. The standard InChI is InChI=1S/C27H28N4O2/c32-27(28-15-13-23-19-31-16-7-6-12-26(31)29-23)14-17-30-18-22-10-4-5-11-24(22)33-25(20-30)21-8-2-1-3-9-21/h1-12,16,19,25H,13-15,17-18,20H2,(H,28,32). The Kier molecular flexibility index (Phi) is 6.35. The topological polar surface area (TPSA) is 58.9 Å². The van der Waals surface area contributed by atoms with E-state index in [0.29, 0.717) is 25.9 Å². The zero-order chi connectivity index (χ0) is 22.5. The first-order valence-corrected chi connectivity index (χ1v) is 11.5. The van der Waals surface area contributed by atoms with Crippen LogP contribution in [0.5, 0.6) is 5.75 Å². The summed E-state index contributed by atoms with van der Waals surface area (Å²) < 4.78 is 8.37. The van der Waals surface area contributed by atoms with Crippen molar-refractivity contribution in [1.82, 2.24) is 19.6 Å². The zero-order valence-corrected chi connectivity index (χ0v) is 18.6. The molecule has 0 saturated carbocycles. The Morgan fingerprint density at radius 3 is 2.73 bits per heavy atom. The summed E-state index contributed by atoms with van der Waals surface area (Å²) in [7, 11) is 0. The van der Waals surface area contributed by atoms with Crippen LogP contribution >= 0.6 is 0 Å². The van der Waals surface area contributed by atoms with Gasteiger partial charge in [-0.05, 0) is 23.8 Å². The Labute approximate surface area is 193 Å². The molecule has 0 spiro atoms. The van der Waals surface area contributed by atoms with E-state index in [2.05, 4.69) is 33.4 Å². The molecule has 4 aromatic rings. The summed E-state index contributed by atoms with van der Waals surface area (Å²) in [6.45, 7) is 2.78. The zero-order valence-electron chi connectivity index (χ0n) is 18.6. The van der Waals surface area contributed by atoms with Gasteiger partial charge in [-0.25, -0.2) is 4.98 Å². The van der Waals surface area contributed by atoms with Crippen molar-refractivity contribution < 1.29 is 9.53 Å². The number of nitrogens with zero attached hydrogens (tertiary/aromatic N) is 3. The summed E-state index contributed by atoms with van der Waals surface area (Å²) in [4.78, 5) is 19.4. The molecule has 1 atom stereocenters. The number of carbonyl (C=O) groups is 1. The Morgan fingerprint density at radius 1 is 1.03 bits per heavy atom. The minimum absolute atomic E-state index is 0.0621. The Bertz CT molecular complexity index is 1190. The van der Waals surface area contributed by atoms with Crippen molar-refractivity contribution in [3.8, 4) is 5.75 Å². The van der Waals surface area contributed by atoms with Crippen molar-refractivity contribution in [2.75, 3.05) is 19.6 Å². The number of hydrogen-bond donors (Lipinski definition) is 1. The molecule has 0 bridgehead atoms. The van der Waals surface area contributed by atoms with E-state index in [0.717, 1.165) is 41.3 Å². The normalized spacial score (nSPS) is 16.1. The van der Waals surface area contributed by atoms with Gasteiger partial charge >= 0.3 is 0 Å². The smallest absolute Gasteiger partial charge is 0.221 e. The fraction of sp³-hybridized carbons (Fsp3) is 0.259. The molecule has 0 saturated heterocycles. The summed E-state index contributed by atoms with van der Waals surface area (Å²) in [6.07, 6.45) is 5.10. The first-order valence-electron chi connectivity index (χ1n) is 11.5. The van der Waals surface area contributed by atoms with E-state index in [-0.39, 0.29) is 12.0 Å². The van der Waals surface area contributed by atoms with Crippen LogP contribution in [-0.4, -0.2) is 39.8 Å². The van der Waals surface area contributed by atoms with Crippen LogP contribution in [0.15, 0.2) is 85.2 Å². The van der Waals surface area contributed by atoms with Gasteiger partial charge in [0.25, 0.3) is 0 Å². The third kappa shape index (κ3) is 5.23. The van der Waals surface area contributed by atoms with Gasteiger partial charge in [0.2, 0.25) is 5.91 Å². The molecule has 1 amide bonds. The van der Waals surface area contributed by atoms with Crippen molar-refractivity contribution in [2.45, 2.75) is 25.5 Å². The highest BCUT2D eigenvalue weighted by Crippen LogP contribution is 2.31. The van der Waals surface area contributed by atoms with E-state index in [1.54, 1.807) is 0 Å². The Hall–Kier alpha value is -3.64. The average Bonchev–Trinajstić information content (AvgIpc) is 3.16. The van der Waals surface area contributed by atoms with E-state index in [1.807, 2.05) is 71.4 Å². The minimum atomic E-state index is -0.0621. The van der Waals surface area contributed by atoms with Crippen LogP contribution in [0.25, 0.3) is 5.65 Å². The lowest BCUT2D eigenvalue weighted by molar-refractivity contribution is -0.121. The van der Waals surface area contributed by atoms with E-state index in [1.165, 1.54) is 0 Å². The maximum absolute atomic E-state index is 12.5. The monoisotopic (exact) mass is 440 g/mol. The number of amides is 1. The van der Waals surface area contributed by atoms with Gasteiger partial charge in [-0.3, -0.25) is 9.69 Å². The van der Waals surface area contributed by atoms with Gasteiger partial charge in [0.15, 0.2) is 0 Å². The number of fused-ring (bicyclic) bond motifs is 2. The highest BCUT2D eigenvalue weighted by molar-refractivity contribution is 5.76. The van der Waals surface area contributed by atoms with Gasteiger partial charge < -0.3 is 14.5 Å². The Morgan fingerprint density at radius 2 is 1.85 bits per heavy atom. The molecule has 33 heavy (non-hydrogen) atoms. The lowest BCUT2D eigenvalue weighted by atomic mass is 10.1. The molecule has 1 aliphatic heterocycles. The third-order valence-electron chi connectivity index (χ3n) is 6.00. The van der Waals surface area contributed by atoms with Crippen LogP contribution in [0.4, 0.5) is 0 Å². The molecule has 3 heterocycles. The van der Waals surface area contributed by atoms with Crippen molar-refractivity contribution in [2.24, 2.45) is 0 Å². The molecule has 5 rings (SSSR count). The number of pyridine rings is 1. The molecule has 168 valence electrons. The number of nitrogens with one attached hydrogen (secondary N) is 1. The number of imidazole rings is 1. The van der Waals surface area contributed by atoms with E-state index >= 15 is 0 Å². The second-order valence-corrected chi connectivity index (χ2v) is 8.41. The number of ether oxygens (including phenoxy) is 1. The van der Waals surface area contributed by atoms with Crippen LogP contribution in [0, 0.1) is 0 Å². The highest BCUT2D eigenvalue weighted by atomic mass is 16.5. The number of para-hydroxylation sites is 1. The van der Waals surface area contributed by atoms with E-state index < -0.39 is 0 Å². The molecule has 1 unspecified atom stereocenters. The third-order valence-corrected chi connectivity index (χ3v) is 6.00. The molecule has 2 aromatic heterocycles. The summed E-state index contributed by atoms with van der Waals surface area (Å²) >= 11 is 0. The molecule has 0 aliphatic carbocycles. The molecule has 0 fully saturated rings. The van der Waals surface area contributed by atoms with E-state index in [4.69, 9.17) is 4.74 Å².